The average Bonchev–Trinajstić information content (AvgIpc) is 2.40. The van der Waals surface area contributed by atoms with E-state index in [4.69, 9.17) is 0 Å². The zero-order valence-electron chi connectivity index (χ0n) is 11.5. The van der Waals surface area contributed by atoms with Gasteiger partial charge in [0.25, 0.3) is 10.2 Å². The number of rotatable bonds is 4. The van der Waals surface area contributed by atoms with Crippen LogP contribution in [0, 0.1) is 5.92 Å². The summed E-state index contributed by atoms with van der Waals surface area (Å²) in [5, 5.41) is 0. The molecule has 1 saturated heterocycles. The van der Waals surface area contributed by atoms with E-state index in [0.29, 0.717) is 25.6 Å². The predicted octanol–water partition coefficient (Wildman–Crippen LogP) is 1.49. The fourth-order valence-corrected chi connectivity index (χ4v) is 3.62. The third kappa shape index (κ3) is 3.52. The lowest BCUT2D eigenvalue weighted by atomic mass is 10.0. The fourth-order valence-electron chi connectivity index (χ4n) is 2.24. The smallest absolute Gasteiger partial charge is 0.264 e. The van der Waals surface area contributed by atoms with Crippen molar-refractivity contribution in [1.29, 1.82) is 0 Å². The van der Waals surface area contributed by atoms with Crippen LogP contribution >= 0.6 is 0 Å². The van der Waals surface area contributed by atoms with Crippen LogP contribution in [0.2, 0.25) is 0 Å². The summed E-state index contributed by atoms with van der Waals surface area (Å²) >= 11 is 0. The molecule has 0 saturated carbocycles. The Kier molecular flexibility index (Phi) is 4.54. The standard InChI is InChI=1S/C13H21N3O2S/c1-12-5-8-16(9-6-12)19(17,18)15(2)11-13-4-3-7-14-10-13/h3-4,7,10,12H,5-6,8-9,11H2,1-2H3. The van der Waals surface area contributed by atoms with E-state index in [1.54, 1.807) is 23.7 Å². The first-order chi connectivity index (χ1) is 9.00. The van der Waals surface area contributed by atoms with Crippen LogP contribution in [0.25, 0.3) is 0 Å². The van der Waals surface area contributed by atoms with Crippen molar-refractivity contribution in [1.82, 2.24) is 13.6 Å². The van der Waals surface area contributed by atoms with E-state index in [1.807, 2.05) is 12.1 Å². The number of nitrogens with zero attached hydrogens (tertiary/aromatic N) is 3. The summed E-state index contributed by atoms with van der Waals surface area (Å²) in [5.41, 5.74) is 0.902. The Morgan fingerprint density at radius 3 is 2.68 bits per heavy atom. The van der Waals surface area contributed by atoms with Gasteiger partial charge in [0, 0.05) is 39.1 Å². The maximum Gasteiger partial charge on any atom is 0.282 e. The van der Waals surface area contributed by atoms with Crippen molar-refractivity contribution in [2.75, 3.05) is 20.1 Å². The van der Waals surface area contributed by atoms with E-state index < -0.39 is 10.2 Å². The first-order valence-electron chi connectivity index (χ1n) is 6.60. The Balaban J connectivity index is 2.03. The summed E-state index contributed by atoms with van der Waals surface area (Å²) in [7, 11) is -1.72. The van der Waals surface area contributed by atoms with Gasteiger partial charge >= 0.3 is 0 Å². The Bertz CT molecular complexity index is 496. The van der Waals surface area contributed by atoms with Gasteiger partial charge in [0.05, 0.1) is 0 Å². The highest BCUT2D eigenvalue weighted by molar-refractivity contribution is 7.86. The van der Waals surface area contributed by atoms with Gasteiger partial charge in [-0.15, -0.1) is 0 Å². The van der Waals surface area contributed by atoms with Gasteiger partial charge < -0.3 is 0 Å². The lowest BCUT2D eigenvalue weighted by molar-refractivity contribution is 0.269. The summed E-state index contributed by atoms with van der Waals surface area (Å²) in [6.45, 7) is 3.79. The zero-order chi connectivity index (χ0) is 13.9. The molecule has 106 valence electrons. The van der Waals surface area contributed by atoms with E-state index in [9.17, 15) is 8.42 Å². The van der Waals surface area contributed by atoms with Crippen molar-refractivity contribution >= 4 is 10.2 Å². The summed E-state index contributed by atoms with van der Waals surface area (Å²) in [6.07, 6.45) is 5.27. The SMILES string of the molecule is CC1CCN(S(=O)(=O)N(C)Cc2cccnc2)CC1. The van der Waals surface area contributed by atoms with Crippen molar-refractivity contribution in [3.63, 3.8) is 0 Å². The predicted molar refractivity (Wildman–Crippen MR) is 74.6 cm³/mol. The van der Waals surface area contributed by atoms with Crippen LogP contribution in [0.4, 0.5) is 0 Å². The summed E-state index contributed by atoms with van der Waals surface area (Å²) in [5.74, 6) is 0.620. The lowest BCUT2D eigenvalue weighted by Crippen LogP contribution is -2.45. The molecule has 1 aliphatic heterocycles. The Labute approximate surface area is 115 Å². The van der Waals surface area contributed by atoms with E-state index in [1.165, 1.54) is 4.31 Å². The molecule has 2 heterocycles. The summed E-state index contributed by atoms with van der Waals surface area (Å²) in [4.78, 5) is 4.01. The highest BCUT2D eigenvalue weighted by Gasteiger charge is 2.29. The molecule has 1 aliphatic rings. The normalized spacial score (nSPS) is 18.9. The van der Waals surface area contributed by atoms with Gasteiger partial charge in [0.15, 0.2) is 0 Å². The summed E-state index contributed by atoms with van der Waals surface area (Å²) < 4.78 is 27.8. The van der Waals surface area contributed by atoms with Crippen LogP contribution < -0.4 is 0 Å². The molecule has 0 N–H and O–H groups in total. The van der Waals surface area contributed by atoms with Crippen molar-refractivity contribution in [2.24, 2.45) is 5.92 Å². The topological polar surface area (TPSA) is 53.5 Å². The highest BCUT2D eigenvalue weighted by atomic mass is 32.2. The maximum absolute atomic E-state index is 12.4. The molecule has 19 heavy (non-hydrogen) atoms. The molecule has 0 aliphatic carbocycles. The second-order valence-electron chi connectivity index (χ2n) is 5.21. The van der Waals surface area contributed by atoms with Crippen molar-refractivity contribution < 1.29 is 8.42 Å². The molecule has 0 unspecified atom stereocenters. The largest absolute Gasteiger partial charge is 0.282 e. The van der Waals surface area contributed by atoms with Crippen LogP contribution in [0.15, 0.2) is 24.5 Å². The van der Waals surface area contributed by atoms with Gasteiger partial charge in [-0.3, -0.25) is 4.98 Å². The number of piperidine rings is 1. The van der Waals surface area contributed by atoms with E-state index in [-0.39, 0.29) is 0 Å². The summed E-state index contributed by atoms with van der Waals surface area (Å²) in [6, 6.07) is 3.70. The van der Waals surface area contributed by atoms with E-state index in [0.717, 1.165) is 18.4 Å². The fraction of sp³-hybridized carbons (Fsp3) is 0.615. The Hall–Kier alpha value is -0.980. The van der Waals surface area contributed by atoms with Crippen LogP contribution in [0.3, 0.4) is 0 Å². The molecule has 0 spiro atoms. The van der Waals surface area contributed by atoms with Gasteiger partial charge in [0.2, 0.25) is 0 Å². The van der Waals surface area contributed by atoms with E-state index in [2.05, 4.69) is 11.9 Å². The third-order valence-electron chi connectivity index (χ3n) is 3.59. The molecule has 1 aromatic heterocycles. The maximum atomic E-state index is 12.4. The zero-order valence-corrected chi connectivity index (χ0v) is 12.3. The molecule has 2 rings (SSSR count). The minimum atomic E-state index is -3.34. The molecule has 1 fully saturated rings. The quantitative estimate of drug-likeness (QED) is 0.841. The Morgan fingerprint density at radius 2 is 2.11 bits per heavy atom. The second-order valence-corrected chi connectivity index (χ2v) is 7.24. The molecule has 0 atom stereocenters. The van der Waals surface area contributed by atoms with Crippen molar-refractivity contribution in [2.45, 2.75) is 26.3 Å². The average molecular weight is 283 g/mol. The van der Waals surface area contributed by atoms with Gasteiger partial charge in [-0.2, -0.15) is 17.0 Å². The van der Waals surface area contributed by atoms with Crippen LogP contribution in [-0.4, -0.2) is 42.1 Å². The first kappa shape index (κ1) is 14.4. The molecule has 6 heteroatoms. The number of hydrogen-bond donors (Lipinski definition) is 0. The van der Waals surface area contributed by atoms with Crippen molar-refractivity contribution in [3.8, 4) is 0 Å². The first-order valence-corrected chi connectivity index (χ1v) is 8.00. The number of pyridine rings is 1. The van der Waals surface area contributed by atoms with Gasteiger partial charge in [-0.1, -0.05) is 13.0 Å². The third-order valence-corrected chi connectivity index (χ3v) is 5.53. The molecule has 0 aromatic carbocycles. The Morgan fingerprint density at radius 1 is 1.42 bits per heavy atom. The molecule has 1 aromatic rings. The minimum Gasteiger partial charge on any atom is -0.264 e. The molecule has 0 amide bonds. The lowest BCUT2D eigenvalue weighted by Gasteiger charge is -2.32. The highest BCUT2D eigenvalue weighted by Crippen LogP contribution is 2.20. The van der Waals surface area contributed by atoms with E-state index >= 15 is 0 Å². The van der Waals surface area contributed by atoms with Crippen molar-refractivity contribution in [3.05, 3.63) is 30.1 Å². The molecular weight excluding hydrogens is 262 g/mol. The van der Waals surface area contributed by atoms with Crippen LogP contribution in [0.1, 0.15) is 25.3 Å². The second kappa shape index (κ2) is 5.98. The van der Waals surface area contributed by atoms with Crippen LogP contribution in [-0.2, 0) is 16.8 Å². The number of hydrogen-bond acceptors (Lipinski definition) is 3. The monoisotopic (exact) mass is 283 g/mol. The molecule has 5 nitrogen and oxygen atoms in total. The van der Waals surface area contributed by atoms with Crippen LogP contribution in [0.5, 0.6) is 0 Å². The van der Waals surface area contributed by atoms with Gasteiger partial charge in [-0.05, 0) is 30.4 Å². The molecule has 0 radical (unpaired) electrons. The van der Waals surface area contributed by atoms with Gasteiger partial charge in [-0.25, -0.2) is 0 Å². The molecular formula is C13H21N3O2S. The minimum absolute atomic E-state index is 0.363. The van der Waals surface area contributed by atoms with Gasteiger partial charge in [0.1, 0.15) is 0 Å². The molecule has 0 bridgehead atoms. The number of aromatic nitrogens is 1.